The van der Waals surface area contributed by atoms with Crippen LogP contribution in [0.3, 0.4) is 0 Å². The Bertz CT molecular complexity index is 537. The van der Waals surface area contributed by atoms with Crippen LogP contribution in [0.15, 0.2) is 36.4 Å². The third kappa shape index (κ3) is 4.10. The Morgan fingerprint density at radius 2 is 1.95 bits per heavy atom. The molecule has 0 saturated heterocycles. The van der Waals surface area contributed by atoms with Gasteiger partial charge in [0.05, 0.1) is 5.52 Å². The Morgan fingerprint density at radius 3 is 2.74 bits per heavy atom. The average molecular weight is 277 g/mol. The van der Waals surface area contributed by atoms with Crippen molar-refractivity contribution in [2.45, 2.75) is 26.7 Å². The fraction of sp³-hybridized carbons (Fsp3) is 0.438. The van der Waals surface area contributed by atoms with Gasteiger partial charge in [0.2, 0.25) is 0 Å². The highest BCUT2D eigenvalue weighted by Gasteiger charge is 2.17. The van der Waals surface area contributed by atoms with Gasteiger partial charge in [-0.1, -0.05) is 32.0 Å². The summed E-state index contributed by atoms with van der Waals surface area (Å²) in [6, 6.07) is 12.3. The molecule has 0 saturated carbocycles. The molecule has 102 valence electrons. The molecular weight excluding hydrogens is 256 g/mol. The average Bonchev–Trinajstić information content (AvgIpc) is 2.43. The van der Waals surface area contributed by atoms with E-state index >= 15 is 0 Å². The molecule has 19 heavy (non-hydrogen) atoms. The summed E-state index contributed by atoms with van der Waals surface area (Å²) in [5.74, 6) is 1.68. The fourth-order valence-electron chi connectivity index (χ4n) is 2.13. The van der Waals surface area contributed by atoms with E-state index in [0.717, 1.165) is 36.6 Å². The van der Waals surface area contributed by atoms with Crippen LogP contribution >= 0.6 is 11.6 Å². The summed E-state index contributed by atoms with van der Waals surface area (Å²) < 4.78 is 0. The number of halogens is 1. The number of nitrogens with zero attached hydrogens (tertiary/aromatic N) is 1. The minimum atomic E-state index is 0.238. The molecule has 3 heteroatoms. The van der Waals surface area contributed by atoms with Crippen molar-refractivity contribution in [1.29, 1.82) is 0 Å². The van der Waals surface area contributed by atoms with E-state index in [1.165, 1.54) is 5.39 Å². The Balaban J connectivity index is 2.01. The molecular formula is C16H21ClN2. The number of nitrogens with one attached hydrogen (secondary N) is 1. The Kier molecular flexibility index (Phi) is 4.65. The van der Waals surface area contributed by atoms with Crippen LogP contribution in [-0.4, -0.2) is 17.4 Å². The summed E-state index contributed by atoms with van der Waals surface area (Å²) in [4.78, 5) is 4.62. The molecule has 0 amide bonds. The lowest BCUT2D eigenvalue weighted by molar-refractivity contribution is 0.355. The molecule has 0 aliphatic rings. The van der Waals surface area contributed by atoms with Crippen LogP contribution in [0.25, 0.3) is 10.9 Å². The molecule has 0 aliphatic carbocycles. The second kappa shape index (κ2) is 6.25. The minimum absolute atomic E-state index is 0.238. The zero-order chi connectivity index (χ0) is 13.7. The highest BCUT2D eigenvalue weighted by Crippen LogP contribution is 2.23. The van der Waals surface area contributed by atoms with Gasteiger partial charge < -0.3 is 5.32 Å². The number of para-hydroxylation sites is 1. The predicted molar refractivity (Wildman–Crippen MR) is 84.0 cm³/mol. The summed E-state index contributed by atoms with van der Waals surface area (Å²) in [6.45, 7) is 5.43. The van der Waals surface area contributed by atoms with Crippen LogP contribution in [0.4, 0.5) is 5.82 Å². The van der Waals surface area contributed by atoms with E-state index in [9.17, 15) is 0 Å². The molecule has 0 atom stereocenters. The first kappa shape index (κ1) is 14.1. The minimum Gasteiger partial charge on any atom is -0.370 e. The monoisotopic (exact) mass is 276 g/mol. The topological polar surface area (TPSA) is 24.9 Å². The van der Waals surface area contributed by atoms with E-state index in [1.54, 1.807) is 0 Å². The molecule has 0 radical (unpaired) electrons. The molecule has 1 heterocycles. The highest BCUT2D eigenvalue weighted by molar-refractivity contribution is 6.17. The van der Waals surface area contributed by atoms with Crippen molar-refractivity contribution in [1.82, 2.24) is 4.98 Å². The zero-order valence-electron chi connectivity index (χ0n) is 11.6. The number of aromatic nitrogens is 1. The largest absolute Gasteiger partial charge is 0.370 e. The van der Waals surface area contributed by atoms with E-state index in [2.05, 4.69) is 36.3 Å². The first-order valence-electron chi connectivity index (χ1n) is 6.76. The van der Waals surface area contributed by atoms with Gasteiger partial charge in [-0.2, -0.15) is 0 Å². The molecule has 0 spiro atoms. The fourth-order valence-corrected chi connectivity index (χ4v) is 2.26. The van der Waals surface area contributed by atoms with Crippen molar-refractivity contribution >= 4 is 28.3 Å². The number of rotatable bonds is 6. The molecule has 2 nitrogen and oxygen atoms in total. The van der Waals surface area contributed by atoms with Gasteiger partial charge in [0.15, 0.2) is 0 Å². The number of hydrogen-bond acceptors (Lipinski definition) is 2. The lowest BCUT2D eigenvalue weighted by Gasteiger charge is -2.25. The molecule has 1 aromatic carbocycles. The molecule has 0 unspecified atom stereocenters. The van der Waals surface area contributed by atoms with E-state index in [-0.39, 0.29) is 5.41 Å². The third-order valence-corrected chi connectivity index (χ3v) is 3.60. The highest BCUT2D eigenvalue weighted by atomic mass is 35.5. The molecule has 0 fully saturated rings. The van der Waals surface area contributed by atoms with Gasteiger partial charge in [0.25, 0.3) is 0 Å². The van der Waals surface area contributed by atoms with Crippen LogP contribution in [0.5, 0.6) is 0 Å². The molecule has 0 aliphatic heterocycles. The number of benzene rings is 1. The maximum atomic E-state index is 5.76. The van der Waals surface area contributed by atoms with Crippen LogP contribution in [0.2, 0.25) is 0 Å². The van der Waals surface area contributed by atoms with Gasteiger partial charge in [-0.15, -0.1) is 11.6 Å². The SMILES string of the molecule is CC(C)(CCCCl)CNc1ccc2ccccc2n1. The van der Waals surface area contributed by atoms with E-state index < -0.39 is 0 Å². The van der Waals surface area contributed by atoms with E-state index in [4.69, 9.17) is 11.6 Å². The predicted octanol–water partition coefficient (Wildman–Crippen LogP) is 4.69. The van der Waals surface area contributed by atoms with Gasteiger partial charge >= 0.3 is 0 Å². The van der Waals surface area contributed by atoms with Gasteiger partial charge in [-0.25, -0.2) is 4.98 Å². The summed E-state index contributed by atoms with van der Waals surface area (Å²) >= 11 is 5.76. The molecule has 2 aromatic rings. The lowest BCUT2D eigenvalue weighted by Crippen LogP contribution is -2.23. The number of anilines is 1. The number of fused-ring (bicyclic) bond motifs is 1. The van der Waals surface area contributed by atoms with Crippen molar-refractivity contribution < 1.29 is 0 Å². The Labute approximate surface area is 120 Å². The molecule has 2 rings (SSSR count). The quantitative estimate of drug-likeness (QED) is 0.774. The van der Waals surface area contributed by atoms with Crippen molar-refractivity contribution in [3.63, 3.8) is 0 Å². The summed E-state index contributed by atoms with van der Waals surface area (Å²) in [5.41, 5.74) is 1.27. The van der Waals surface area contributed by atoms with E-state index in [1.807, 2.05) is 24.3 Å². The van der Waals surface area contributed by atoms with Crippen molar-refractivity contribution in [3.8, 4) is 0 Å². The summed E-state index contributed by atoms with van der Waals surface area (Å²) in [6.07, 6.45) is 2.18. The van der Waals surface area contributed by atoms with Gasteiger partial charge in [-0.05, 0) is 36.5 Å². The van der Waals surface area contributed by atoms with Crippen LogP contribution < -0.4 is 5.32 Å². The van der Waals surface area contributed by atoms with Gasteiger partial charge in [-0.3, -0.25) is 0 Å². The van der Waals surface area contributed by atoms with Crippen molar-refractivity contribution in [2.24, 2.45) is 5.41 Å². The zero-order valence-corrected chi connectivity index (χ0v) is 12.4. The second-order valence-corrected chi connectivity index (χ2v) is 6.08. The molecule has 0 bridgehead atoms. The van der Waals surface area contributed by atoms with Gasteiger partial charge in [0, 0.05) is 17.8 Å². The van der Waals surface area contributed by atoms with Crippen LogP contribution in [0.1, 0.15) is 26.7 Å². The Hall–Kier alpha value is -1.28. The normalized spacial score (nSPS) is 11.7. The third-order valence-electron chi connectivity index (χ3n) is 3.33. The van der Waals surface area contributed by atoms with E-state index in [0.29, 0.717) is 0 Å². The maximum absolute atomic E-state index is 5.76. The van der Waals surface area contributed by atoms with Crippen LogP contribution in [0, 0.1) is 5.41 Å². The summed E-state index contributed by atoms with van der Waals surface area (Å²) in [7, 11) is 0. The van der Waals surface area contributed by atoms with Gasteiger partial charge in [0.1, 0.15) is 5.82 Å². The maximum Gasteiger partial charge on any atom is 0.126 e. The first-order chi connectivity index (χ1) is 9.11. The second-order valence-electron chi connectivity index (χ2n) is 5.70. The lowest BCUT2D eigenvalue weighted by atomic mass is 9.88. The number of alkyl halides is 1. The Morgan fingerprint density at radius 1 is 1.16 bits per heavy atom. The van der Waals surface area contributed by atoms with Crippen molar-refractivity contribution in [3.05, 3.63) is 36.4 Å². The smallest absolute Gasteiger partial charge is 0.126 e. The molecule has 1 aromatic heterocycles. The first-order valence-corrected chi connectivity index (χ1v) is 7.30. The number of hydrogen-bond donors (Lipinski definition) is 1. The molecule has 1 N–H and O–H groups in total. The number of pyridine rings is 1. The van der Waals surface area contributed by atoms with Crippen molar-refractivity contribution in [2.75, 3.05) is 17.7 Å². The summed E-state index contributed by atoms with van der Waals surface area (Å²) in [5, 5.41) is 4.61. The standard InChI is InChI=1S/C16H21ClN2/c1-16(2,10-5-11-17)12-18-15-9-8-13-6-3-4-7-14(13)19-15/h3-4,6-9H,5,10-12H2,1-2H3,(H,18,19). The van der Waals surface area contributed by atoms with Crippen LogP contribution in [-0.2, 0) is 0 Å².